The van der Waals surface area contributed by atoms with E-state index in [9.17, 15) is 4.79 Å². The van der Waals surface area contributed by atoms with Gasteiger partial charge in [-0.25, -0.2) is 0 Å². The average molecular weight is 211 g/mol. The number of ketones is 1. The van der Waals surface area contributed by atoms with Gasteiger partial charge in [-0.15, -0.1) is 0 Å². The maximum atomic E-state index is 10.7. The van der Waals surface area contributed by atoms with Crippen molar-refractivity contribution < 1.29 is 4.79 Å². The Labute approximate surface area is 94.0 Å². The summed E-state index contributed by atoms with van der Waals surface area (Å²) >= 11 is 0. The molecule has 0 aliphatic carbocycles. The first-order valence-electron chi connectivity index (χ1n) is 6.36. The highest BCUT2D eigenvalue weighted by atomic mass is 16.1. The van der Waals surface area contributed by atoms with E-state index in [1.165, 1.54) is 45.2 Å². The molecule has 0 aromatic carbocycles. The van der Waals surface area contributed by atoms with Crippen molar-refractivity contribution in [3.63, 3.8) is 0 Å². The molecule has 0 amide bonds. The van der Waals surface area contributed by atoms with Crippen molar-refractivity contribution in [1.29, 1.82) is 0 Å². The normalized spacial score (nSPS) is 19.3. The molecule has 0 spiro atoms. The van der Waals surface area contributed by atoms with Crippen LogP contribution in [0.15, 0.2) is 0 Å². The van der Waals surface area contributed by atoms with E-state index in [1.807, 2.05) is 0 Å². The first-order chi connectivity index (χ1) is 7.18. The topological polar surface area (TPSA) is 20.3 Å². The first-order valence-corrected chi connectivity index (χ1v) is 6.36. The Kier molecular flexibility index (Phi) is 5.92. The minimum Gasteiger partial charge on any atom is -0.306 e. The van der Waals surface area contributed by atoms with Gasteiger partial charge in [-0.2, -0.15) is 0 Å². The van der Waals surface area contributed by atoms with Crippen molar-refractivity contribution in [3.8, 4) is 0 Å². The number of likely N-dealkylation sites (tertiary alicyclic amines) is 1. The van der Waals surface area contributed by atoms with Crippen LogP contribution in [0.1, 0.15) is 51.9 Å². The van der Waals surface area contributed by atoms with Crippen LogP contribution in [0.25, 0.3) is 0 Å². The maximum absolute atomic E-state index is 10.7. The van der Waals surface area contributed by atoms with Gasteiger partial charge in [0.2, 0.25) is 0 Å². The molecule has 0 aromatic heterocycles. The van der Waals surface area contributed by atoms with Crippen LogP contribution in [0.4, 0.5) is 0 Å². The van der Waals surface area contributed by atoms with Gasteiger partial charge in [0.25, 0.3) is 0 Å². The number of unbranched alkanes of at least 4 members (excludes halogenated alkanes) is 2. The predicted octanol–water partition coefficient (Wildman–Crippen LogP) is 2.87. The molecule has 0 N–H and O–H groups in total. The Balaban J connectivity index is 1.94. The van der Waals surface area contributed by atoms with Crippen molar-refractivity contribution in [1.82, 2.24) is 4.90 Å². The fourth-order valence-electron chi connectivity index (χ4n) is 2.33. The number of hydrogen-bond acceptors (Lipinski definition) is 2. The summed E-state index contributed by atoms with van der Waals surface area (Å²) in [4.78, 5) is 13.2. The third-order valence-electron chi connectivity index (χ3n) is 3.48. The van der Waals surface area contributed by atoms with E-state index < -0.39 is 0 Å². The van der Waals surface area contributed by atoms with Crippen molar-refractivity contribution in [2.24, 2.45) is 5.92 Å². The highest BCUT2D eigenvalue weighted by Gasteiger charge is 2.15. The quantitative estimate of drug-likeness (QED) is 0.630. The summed E-state index contributed by atoms with van der Waals surface area (Å²) in [6, 6.07) is 0. The number of nitrogens with zero attached hydrogens (tertiary/aromatic N) is 1. The molecule has 0 saturated carbocycles. The van der Waals surface area contributed by atoms with E-state index in [0.29, 0.717) is 5.78 Å². The predicted molar refractivity (Wildman–Crippen MR) is 64.0 cm³/mol. The van der Waals surface area contributed by atoms with Crippen LogP contribution in [-0.4, -0.2) is 30.8 Å². The number of hydrogen-bond donors (Lipinski definition) is 0. The number of Topliss-reactive ketones (excluding diaryl/α,β-unsaturated/α-hetero) is 1. The molecular weight excluding hydrogens is 186 g/mol. The lowest BCUT2D eigenvalue weighted by Crippen LogP contribution is -2.30. The largest absolute Gasteiger partial charge is 0.306 e. The van der Waals surface area contributed by atoms with Gasteiger partial charge < -0.3 is 9.69 Å². The summed E-state index contributed by atoms with van der Waals surface area (Å²) in [5.74, 6) is 1.30. The molecule has 1 aliphatic rings. The molecule has 0 aromatic rings. The SMILES string of the molecule is CC(=O)CCCCCC1CCN(C)CC1. The van der Waals surface area contributed by atoms with Gasteiger partial charge in [0, 0.05) is 6.42 Å². The van der Waals surface area contributed by atoms with Gasteiger partial charge in [0.05, 0.1) is 0 Å². The van der Waals surface area contributed by atoms with Crippen LogP contribution in [0.2, 0.25) is 0 Å². The standard InChI is InChI=1S/C13H25NO/c1-12(15)6-4-3-5-7-13-8-10-14(2)11-9-13/h13H,3-11H2,1-2H3. The van der Waals surface area contributed by atoms with E-state index >= 15 is 0 Å². The second-order valence-corrected chi connectivity index (χ2v) is 5.05. The number of piperidine rings is 1. The summed E-state index contributed by atoms with van der Waals surface area (Å²) in [5, 5.41) is 0. The lowest BCUT2D eigenvalue weighted by Gasteiger charge is -2.28. The molecular formula is C13H25NO. The van der Waals surface area contributed by atoms with Gasteiger partial charge >= 0.3 is 0 Å². The molecule has 1 rings (SSSR count). The number of rotatable bonds is 6. The number of carbonyl (C=O) groups is 1. The van der Waals surface area contributed by atoms with Crippen LogP contribution in [0, 0.1) is 5.92 Å². The zero-order valence-corrected chi connectivity index (χ0v) is 10.3. The minimum absolute atomic E-state index is 0.342. The lowest BCUT2D eigenvalue weighted by molar-refractivity contribution is -0.117. The molecule has 15 heavy (non-hydrogen) atoms. The first kappa shape index (κ1) is 12.7. The van der Waals surface area contributed by atoms with E-state index in [2.05, 4.69) is 11.9 Å². The van der Waals surface area contributed by atoms with E-state index in [0.717, 1.165) is 18.8 Å². The zero-order chi connectivity index (χ0) is 11.1. The smallest absolute Gasteiger partial charge is 0.129 e. The molecule has 88 valence electrons. The molecule has 1 heterocycles. The van der Waals surface area contributed by atoms with Crippen molar-refractivity contribution >= 4 is 5.78 Å². The molecule has 2 nitrogen and oxygen atoms in total. The molecule has 0 bridgehead atoms. The van der Waals surface area contributed by atoms with Crippen molar-refractivity contribution in [3.05, 3.63) is 0 Å². The van der Waals surface area contributed by atoms with Gasteiger partial charge in [-0.1, -0.05) is 19.3 Å². The third-order valence-corrected chi connectivity index (χ3v) is 3.48. The summed E-state index contributed by atoms with van der Waals surface area (Å²) in [7, 11) is 2.21. The molecule has 0 unspecified atom stereocenters. The Morgan fingerprint density at radius 2 is 1.87 bits per heavy atom. The highest BCUT2D eigenvalue weighted by Crippen LogP contribution is 2.22. The summed E-state index contributed by atoms with van der Waals surface area (Å²) in [6.07, 6.45) is 8.58. The van der Waals surface area contributed by atoms with E-state index in [4.69, 9.17) is 0 Å². The van der Waals surface area contributed by atoms with Crippen LogP contribution >= 0.6 is 0 Å². The molecule has 1 aliphatic heterocycles. The Bertz CT molecular complexity index is 183. The minimum atomic E-state index is 0.342. The van der Waals surface area contributed by atoms with E-state index in [-0.39, 0.29) is 0 Å². The van der Waals surface area contributed by atoms with Crippen LogP contribution < -0.4 is 0 Å². The summed E-state index contributed by atoms with van der Waals surface area (Å²) < 4.78 is 0. The molecule has 1 saturated heterocycles. The van der Waals surface area contributed by atoms with Crippen LogP contribution in [0.3, 0.4) is 0 Å². The molecule has 1 fully saturated rings. The van der Waals surface area contributed by atoms with Crippen molar-refractivity contribution in [2.45, 2.75) is 51.9 Å². The maximum Gasteiger partial charge on any atom is 0.129 e. The lowest BCUT2D eigenvalue weighted by atomic mass is 9.91. The third kappa shape index (κ3) is 5.93. The molecule has 2 heteroatoms. The fourth-order valence-corrected chi connectivity index (χ4v) is 2.33. The van der Waals surface area contributed by atoms with Gasteiger partial charge in [-0.05, 0) is 52.2 Å². The van der Waals surface area contributed by atoms with Gasteiger partial charge in [0.15, 0.2) is 0 Å². The zero-order valence-electron chi connectivity index (χ0n) is 10.3. The molecule has 0 radical (unpaired) electrons. The Morgan fingerprint density at radius 3 is 2.47 bits per heavy atom. The summed E-state index contributed by atoms with van der Waals surface area (Å²) in [6.45, 7) is 4.24. The van der Waals surface area contributed by atoms with Gasteiger partial charge in [0.1, 0.15) is 5.78 Å². The Hall–Kier alpha value is -0.370. The molecule has 0 atom stereocenters. The van der Waals surface area contributed by atoms with E-state index in [1.54, 1.807) is 6.92 Å². The van der Waals surface area contributed by atoms with Crippen LogP contribution in [0.5, 0.6) is 0 Å². The second-order valence-electron chi connectivity index (χ2n) is 5.05. The van der Waals surface area contributed by atoms with Crippen LogP contribution in [-0.2, 0) is 4.79 Å². The number of carbonyl (C=O) groups excluding carboxylic acids is 1. The monoisotopic (exact) mass is 211 g/mol. The highest BCUT2D eigenvalue weighted by molar-refractivity contribution is 5.75. The van der Waals surface area contributed by atoms with Crippen molar-refractivity contribution in [2.75, 3.05) is 20.1 Å². The van der Waals surface area contributed by atoms with Gasteiger partial charge in [-0.3, -0.25) is 0 Å². The second kappa shape index (κ2) is 7.00. The fraction of sp³-hybridized carbons (Fsp3) is 0.923. The summed E-state index contributed by atoms with van der Waals surface area (Å²) in [5.41, 5.74) is 0. The average Bonchev–Trinajstić information content (AvgIpc) is 2.20. The Morgan fingerprint density at radius 1 is 1.20 bits per heavy atom.